The van der Waals surface area contributed by atoms with Gasteiger partial charge in [0.2, 0.25) is 0 Å². The van der Waals surface area contributed by atoms with E-state index >= 15 is 0 Å². The van der Waals surface area contributed by atoms with Crippen molar-refractivity contribution in [3.8, 4) is 5.75 Å². The normalized spacial score (nSPS) is 19.6. The van der Waals surface area contributed by atoms with E-state index in [1.807, 2.05) is 13.8 Å². The zero-order valence-corrected chi connectivity index (χ0v) is 12.1. The van der Waals surface area contributed by atoms with Crippen LogP contribution in [0.25, 0.3) is 0 Å². The van der Waals surface area contributed by atoms with Crippen LogP contribution in [0.4, 0.5) is 9.18 Å². The van der Waals surface area contributed by atoms with Gasteiger partial charge in [0.1, 0.15) is 12.1 Å². The number of nitrogens with zero attached hydrogens (tertiary/aromatic N) is 1. The first-order valence-corrected chi connectivity index (χ1v) is 7.09. The van der Waals surface area contributed by atoms with Crippen LogP contribution in [0.1, 0.15) is 26.7 Å². The van der Waals surface area contributed by atoms with E-state index < -0.39 is 24.0 Å². The van der Waals surface area contributed by atoms with Crippen LogP contribution < -0.4 is 10.1 Å². The molecule has 1 heterocycles. The molecule has 0 bridgehead atoms. The van der Waals surface area contributed by atoms with E-state index in [1.54, 1.807) is 12.1 Å². The molecule has 1 saturated heterocycles. The van der Waals surface area contributed by atoms with E-state index in [-0.39, 0.29) is 18.2 Å². The van der Waals surface area contributed by atoms with Crippen molar-refractivity contribution in [2.45, 2.75) is 38.8 Å². The molecule has 21 heavy (non-hydrogen) atoms. The van der Waals surface area contributed by atoms with Crippen LogP contribution in [-0.2, 0) is 4.79 Å². The third-order valence-corrected chi connectivity index (χ3v) is 3.49. The highest BCUT2D eigenvalue weighted by molar-refractivity contribution is 6.04. The van der Waals surface area contributed by atoms with Crippen molar-refractivity contribution in [1.82, 2.24) is 10.2 Å². The molecular formula is C15H19FN2O3. The van der Waals surface area contributed by atoms with Crippen LogP contribution in [0.5, 0.6) is 5.75 Å². The van der Waals surface area contributed by atoms with Crippen molar-refractivity contribution in [2.24, 2.45) is 0 Å². The molecule has 1 N–H and O–H groups in total. The molecule has 0 aromatic heterocycles. The molecule has 0 radical (unpaired) electrons. The summed E-state index contributed by atoms with van der Waals surface area (Å²) in [7, 11) is 0. The minimum Gasteiger partial charge on any atom is -0.486 e. The highest BCUT2D eigenvalue weighted by atomic mass is 19.1. The largest absolute Gasteiger partial charge is 0.486 e. The summed E-state index contributed by atoms with van der Waals surface area (Å²) >= 11 is 0. The van der Waals surface area contributed by atoms with Gasteiger partial charge >= 0.3 is 6.03 Å². The maximum atomic E-state index is 13.6. The number of ether oxygens (including phenoxy) is 1. The Morgan fingerprint density at radius 3 is 2.62 bits per heavy atom. The minimum atomic E-state index is -0.469. The highest BCUT2D eigenvalue weighted by Gasteiger charge is 2.38. The van der Waals surface area contributed by atoms with Gasteiger partial charge in [-0.25, -0.2) is 9.18 Å². The van der Waals surface area contributed by atoms with Gasteiger partial charge in [-0.1, -0.05) is 26.0 Å². The van der Waals surface area contributed by atoms with Crippen molar-refractivity contribution < 1.29 is 18.7 Å². The summed E-state index contributed by atoms with van der Waals surface area (Å²) in [5.41, 5.74) is 0. The summed E-state index contributed by atoms with van der Waals surface area (Å²) in [6.45, 7) is 3.81. The number of benzene rings is 1. The van der Waals surface area contributed by atoms with Crippen molar-refractivity contribution in [3.63, 3.8) is 0 Å². The van der Waals surface area contributed by atoms with Gasteiger partial charge < -0.3 is 10.1 Å². The van der Waals surface area contributed by atoms with Gasteiger partial charge in [-0.15, -0.1) is 0 Å². The molecule has 1 aromatic rings. The van der Waals surface area contributed by atoms with E-state index in [1.165, 1.54) is 12.1 Å². The maximum Gasteiger partial charge on any atom is 0.324 e. The van der Waals surface area contributed by atoms with Gasteiger partial charge in [0.05, 0.1) is 6.54 Å². The van der Waals surface area contributed by atoms with Crippen molar-refractivity contribution in [3.05, 3.63) is 30.1 Å². The third-order valence-electron chi connectivity index (χ3n) is 3.49. The zero-order chi connectivity index (χ0) is 15.4. The molecule has 1 fully saturated rings. The average Bonchev–Trinajstić information content (AvgIpc) is 2.75. The lowest BCUT2D eigenvalue weighted by molar-refractivity contribution is -0.128. The van der Waals surface area contributed by atoms with Crippen LogP contribution in [0, 0.1) is 5.82 Å². The van der Waals surface area contributed by atoms with Crippen LogP contribution in [0.3, 0.4) is 0 Å². The highest BCUT2D eigenvalue weighted by Crippen LogP contribution is 2.19. The Hall–Kier alpha value is -2.11. The second kappa shape index (κ2) is 6.56. The summed E-state index contributed by atoms with van der Waals surface area (Å²) in [6.07, 6.45) is 0.668. The number of nitrogens with one attached hydrogen (secondary N) is 1. The molecule has 3 amide bonds. The Bertz CT molecular complexity index is 535. The quantitative estimate of drug-likeness (QED) is 0.819. The minimum absolute atomic E-state index is 0.117. The molecule has 1 aliphatic heterocycles. The molecule has 0 aliphatic carbocycles. The lowest BCUT2D eigenvalue weighted by atomic mass is 10.2. The number of imide groups is 1. The predicted octanol–water partition coefficient (Wildman–Crippen LogP) is 2.31. The molecule has 0 unspecified atom stereocenters. The Balaban J connectivity index is 2.04. The molecule has 2 atom stereocenters. The fraction of sp³-hybridized carbons (Fsp3) is 0.467. The van der Waals surface area contributed by atoms with Crippen molar-refractivity contribution in [1.29, 1.82) is 0 Å². The molecular weight excluding hydrogens is 275 g/mol. The lowest BCUT2D eigenvalue weighted by Gasteiger charge is -2.22. The monoisotopic (exact) mass is 294 g/mol. The fourth-order valence-electron chi connectivity index (χ4n) is 2.20. The molecule has 1 aliphatic rings. The number of rotatable bonds is 6. The van der Waals surface area contributed by atoms with Gasteiger partial charge in [0, 0.05) is 0 Å². The second-order valence-electron chi connectivity index (χ2n) is 4.94. The first-order valence-electron chi connectivity index (χ1n) is 7.09. The standard InChI is InChI=1S/C15H19FN2O3/c1-3-10(21-13-8-6-5-7-11(13)16)9-18-14(19)12(4-2)17-15(18)20/h5-8,10,12H,3-4,9H2,1-2H3,(H,17,20)/t10-,12+/m1/s1. The van der Waals surface area contributed by atoms with Crippen LogP contribution in [0.15, 0.2) is 24.3 Å². The van der Waals surface area contributed by atoms with Gasteiger partial charge in [-0.05, 0) is 25.0 Å². The molecule has 0 saturated carbocycles. The molecule has 2 rings (SSSR count). The maximum absolute atomic E-state index is 13.6. The summed E-state index contributed by atoms with van der Waals surface area (Å²) in [5, 5.41) is 2.62. The number of carbonyl (C=O) groups is 2. The number of hydrogen-bond donors (Lipinski definition) is 1. The Morgan fingerprint density at radius 2 is 2.05 bits per heavy atom. The summed E-state index contributed by atoms with van der Waals surface area (Å²) in [6, 6.07) is 5.20. The topological polar surface area (TPSA) is 58.6 Å². The van der Waals surface area contributed by atoms with E-state index in [4.69, 9.17) is 4.74 Å². The van der Waals surface area contributed by atoms with Crippen LogP contribution >= 0.6 is 0 Å². The van der Waals surface area contributed by atoms with Gasteiger partial charge in [0.25, 0.3) is 5.91 Å². The number of carbonyl (C=O) groups excluding carboxylic acids is 2. The number of para-hydroxylation sites is 1. The van der Waals surface area contributed by atoms with Gasteiger partial charge in [0.15, 0.2) is 11.6 Å². The summed E-state index contributed by atoms with van der Waals surface area (Å²) in [5.74, 6) is -0.582. The van der Waals surface area contributed by atoms with Crippen molar-refractivity contribution in [2.75, 3.05) is 6.54 Å². The predicted molar refractivity (Wildman–Crippen MR) is 75.4 cm³/mol. The fourth-order valence-corrected chi connectivity index (χ4v) is 2.20. The van der Waals surface area contributed by atoms with Gasteiger partial charge in [-0.3, -0.25) is 9.69 Å². The van der Waals surface area contributed by atoms with E-state index in [0.29, 0.717) is 12.8 Å². The Morgan fingerprint density at radius 1 is 1.33 bits per heavy atom. The SMILES string of the molecule is CC[C@H](CN1C(=O)N[C@@H](CC)C1=O)Oc1ccccc1F. The molecule has 5 nitrogen and oxygen atoms in total. The Labute approximate surface area is 123 Å². The average molecular weight is 294 g/mol. The molecule has 1 aromatic carbocycles. The zero-order valence-electron chi connectivity index (χ0n) is 12.1. The molecule has 114 valence electrons. The summed E-state index contributed by atoms with van der Waals surface area (Å²) < 4.78 is 19.2. The first kappa shape index (κ1) is 15.3. The number of urea groups is 1. The van der Waals surface area contributed by atoms with E-state index in [9.17, 15) is 14.0 Å². The first-order chi connectivity index (χ1) is 10.1. The number of hydrogen-bond acceptors (Lipinski definition) is 3. The third kappa shape index (κ3) is 3.32. The smallest absolute Gasteiger partial charge is 0.324 e. The van der Waals surface area contributed by atoms with Crippen LogP contribution in [0.2, 0.25) is 0 Å². The lowest BCUT2D eigenvalue weighted by Crippen LogP contribution is -2.40. The van der Waals surface area contributed by atoms with E-state index in [0.717, 1.165) is 4.90 Å². The second-order valence-corrected chi connectivity index (χ2v) is 4.94. The molecule has 6 heteroatoms. The number of halogens is 1. The summed E-state index contributed by atoms with van der Waals surface area (Å²) in [4.78, 5) is 25.0. The number of amides is 3. The van der Waals surface area contributed by atoms with Gasteiger partial charge in [-0.2, -0.15) is 0 Å². The van der Waals surface area contributed by atoms with E-state index in [2.05, 4.69) is 5.32 Å². The Kier molecular flexibility index (Phi) is 4.77. The van der Waals surface area contributed by atoms with Crippen molar-refractivity contribution >= 4 is 11.9 Å². The van der Waals surface area contributed by atoms with Crippen LogP contribution in [-0.4, -0.2) is 35.5 Å². The molecule has 0 spiro atoms.